The first-order chi connectivity index (χ1) is 9.60. The lowest BCUT2D eigenvalue weighted by molar-refractivity contribution is 0.0691. The Kier molecular flexibility index (Phi) is 4.35. The molecule has 4 heteroatoms. The summed E-state index contributed by atoms with van der Waals surface area (Å²) in [7, 11) is 0. The van der Waals surface area contributed by atoms with Crippen LogP contribution in [-0.2, 0) is 13.0 Å². The van der Waals surface area contributed by atoms with Crippen molar-refractivity contribution in [1.29, 1.82) is 0 Å². The zero-order valence-corrected chi connectivity index (χ0v) is 11.1. The quantitative estimate of drug-likeness (QED) is 0.905. The van der Waals surface area contributed by atoms with E-state index in [1.807, 2.05) is 24.3 Å². The normalized spacial score (nSPS) is 10.3. The van der Waals surface area contributed by atoms with Crippen LogP contribution in [-0.4, -0.2) is 11.1 Å². The fourth-order valence-corrected chi connectivity index (χ4v) is 1.83. The zero-order chi connectivity index (χ0) is 14.5. The molecule has 0 aliphatic carbocycles. The molecule has 0 saturated heterocycles. The Labute approximate surface area is 116 Å². The molecule has 0 fully saturated rings. The first kappa shape index (κ1) is 14.1. The van der Waals surface area contributed by atoms with Crippen molar-refractivity contribution >= 4 is 5.97 Å². The largest absolute Gasteiger partial charge is 0.488 e. The molecule has 0 aliphatic rings. The summed E-state index contributed by atoms with van der Waals surface area (Å²) < 4.78 is 18.5. The molecule has 0 atom stereocenters. The summed E-state index contributed by atoms with van der Waals surface area (Å²) in [6.45, 7) is 2.32. The van der Waals surface area contributed by atoms with Crippen molar-refractivity contribution in [3.05, 3.63) is 65.0 Å². The fourth-order valence-electron chi connectivity index (χ4n) is 1.83. The summed E-state index contributed by atoms with van der Waals surface area (Å²) in [6, 6.07) is 11.3. The monoisotopic (exact) mass is 274 g/mol. The van der Waals surface area contributed by atoms with Gasteiger partial charge in [0.2, 0.25) is 0 Å². The fraction of sp³-hybridized carbons (Fsp3) is 0.188. The molecule has 0 saturated carbocycles. The van der Waals surface area contributed by atoms with Crippen LogP contribution in [0, 0.1) is 5.82 Å². The molecule has 20 heavy (non-hydrogen) atoms. The summed E-state index contributed by atoms with van der Waals surface area (Å²) in [4.78, 5) is 11.0. The third-order valence-electron chi connectivity index (χ3n) is 3.00. The maximum Gasteiger partial charge on any atom is 0.339 e. The summed E-state index contributed by atoms with van der Waals surface area (Å²) >= 11 is 0. The Balaban J connectivity index is 2.12. The second-order valence-electron chi connectivity index (χ2n) is 4.40. The molecule has 3 nitrogen and oxygen atoms in total. The van der Waals surface area contributed by atoms with Gasteiger partial charge in [-0.3, -0.25) is 0 Å². The van der Waals surface area contributed by atoms with Crippen molar-refractivity contribution in [3.8, 4) is 5.75 Å². The van der Waals surface area contributed by atoms with Gasteiger partial charge in [0.15, 0.2) is 0 Å². The number of rotatable bonds is 5. The van der Waals surface area contributed by atoms with Crippen LogP contribution >= 0.6 is 0 Å². The molecule has 0 radical (unpaired) electrons. The van der Waals surface area contributed by atoms with E-state index in [4.69, 9.17) is 9.84 Å². The first-order valence-electron chi connectivity index (χ1n) is 6.33. The molecule has 0 spiro atoms. The molecule has 1 N–H and O–H groups in total. The second-order valence-corrected chi connectivity index (χ2v) is 4.40. The Morgan fingerprint density at radius 2 is 1.80 bits per heavy atom. The Hall–Kier alpha value is -2.36. The molecule has 104 valence electrons. The Morgan fingerprint density at radius 1 is 1.15 bits per heavy atom. The number of aryl methyl sites for hydroxylation is 1. The second kappa shape index (κ2) is 6.19. The topological polar surface area (TPSA) is 46.5 Å². The van der Waals surface area contributed by atoms with Crippen molar-refractivity contribution in [1.82, 2.24) is 0 Å². The first-order valence-corrected chi connectivity index (χ1v) is 6.33. The van der Waals surface area contributed by atoms with Gasteiger partial charge >= 0.3 is 5.97 Å². The average Bonchev–Trinajstić information content (AvgIpc) is 2.46. The smallest absolute Gasteiger partial charge is 0.339 e. The Morgan fingerprint density at radius 3 is 2.40 bits per heavy atom. The molecule has 0 aliphatic heterocycles. The highest BCUT2D eigenvalue weighted by atomic mass is 19.1. The molecule has 2 aromatic carbocycles. The molecular weight excluding hydrogens is 259 g/mol. The van der Waals surface area contributed by atoms with E-state index in [0.29, 0.717) is 0 Å². The molecule has 0 heterocycles. The predicted octanol–water partition coefficient (Wildman–Crippen LogP) is 3.67. The number of aromatic carboxylic acids is 1. The number of carboxylic acids is 1. The van der Waals surface area contributed by atoms with Gasteiger partial charge in [0.1, 0.15) is 23.7 Å². The minimum Gasteiger partial charge on any atom is -0.488 e. The van der Waals surface area contributed by atoms with Crippen LogP contribution in [0.3, 0.4) is 0 Å². The van der Waals surface area contributed by atoms with Crippen molar-refractivity contribution < 1.29 is 19.0 Å². The van der Waals surface area contributed by atoms with E-state index in [1.54, 1.807) is 0 Å². The average molecular weight is 274 g/mol. The zero-order valence-electron chi connectivity index (χ0n) is 11.1. The van der Waals surface area contributed by atoms with Gasteiger partial charge in [0.25, 0.3) is 0 Å². The van der Waals surface area contributed by atoms with Crippen molar-refractivity contribution in [2.24, 2.45) is 0 Å². The van der Waals surface area contributed by atoms with E-state index >= 15 is 0 Å². The number of halogens is 1. The lowest BCUT2D eigenvalue weighted by Gasteiger charge is -2.09. The minimum absolute atomic E-state index is 0.165. The molecule has 0 unspecified atom stereocenters. The van der Waals surface area contributed by atoms with E-state index in [1.165, 1.54) is 17.7 Å². The van der Waals surface area contributed by atoms with Gasteiger partial charge in [-0.2, -0.15) is 0 Å². The SMILES string of the molecule is CCc1ccc(COc2ccc(F)cc2C(=O)O)cc1. The van der Waals surface area contributed by atoms with Gasteiger partial charge < -0.3 is 9.84 Å². The van der Waals surface area contributed by atoms with Crippen LogP contribution in [0.25, 0.3) is 0 Å². The van der Waals surface area contributed by atoms with Crippen LogP contribution < -0.4 is 4.74 Å². The van der Waals surface area contributed by atoms with Crippen LogP contribution in [0.1, 0.15) is 28.4 Å². The lowest BCUT2D eigenvalue weighted by Crippen LogP contribution is -2.04. The predicted molar refractivity (Wildman–Crippen MR) is 73.5 cm³/mol. The van der Waals surface area contributed by atoms with Gasteiger partial charge in [-0.15, -0.1) is 0 Å². The Bertz CT molecular complexity index is 606. The van der Waals surface area contributed by atoms with Crippen molar-refractivity contribution in [2.75, 3.05) is 0 Å². The van der Waals surface area contributed by atoms with Gasteiger partial charge in [-0.1, -0.05) is 31.2 Å². The number of carbonyl (C=O) groups is 1. The van der Waals surface area contributed by atoms with Crippen LogP contribution in [0.2, 0.25) is 0 Å². The maximum absolute atomic E-state index is 13.0. The molecule has 0 bridgehead atoms. The van der Waals surface area contributed by atoms with Gasteiger partial charge in [-0.05, 0) is 35.7 Å². The van der Waals surface area contributed by atoms with Crippen molar-refractivity contribution in [2.45, 2.75) is 20.0 Å². The molecule has 0 aromatic heterocycles. The molecule has 2 aromatic rings. The van der Waals surface area contributed by atoms with Gasteiger partial charge in [0, 0.05) is 0 Å². The number of hydrogen-bond donors (Lipinski definition) is 1. The third kappa shape index (κ3) is 3.35. The number of ether oxygens (including phenoxy) is 1. The number of hydrogen-bond acceptors (Lipinski definition) is 2. The highest BCUT2D eigenvalue weighted by Gasteiger charge is 2.12. The highest BCUT2D eigenvalue weighted by Crippen LogP contribution is 2.21. The molecule has 0 amide bonds. The van der Waals surface area contributed by atoms with E-state index < -0.39 is 11.8 Å². The summed E-state index contributed by atoms with van der Waals surface area (Å²) in [5, 5.41) is 9.01. The van der Waals surface area contributed by atoms with Crippen molar-refractivity contribution in [3.63, 3.8) is 0 Å². The van der Waals surface area contributed by atoms with Crippen LogP contribution in [0.15, 0.2) is 42.5 Å². The minimum atomic E-state index is -1.21. The van der Waals surface area contributed by atoms with E-state index in [0.717, 1.165) is 18.1 Å². The number of benzene rings is 2. The van der Waals surface area contributed by atoms with E-state index in [9.17, 15) is 9.18 Å². The lowest BCUT2D eigenvalue weighted by atomic mass is 10.1. The van der Waals surface area contributed by atoms with E-state index in [-0.39, 0.29) is 17.9 Å². The summed E-state index contributed by atoms with van der Waals surface area (Å²) in [5.41, 5.74) is 1.99. The third-order valence-corrected chi connectivity index (χ3v) is 3.00. The standard InChI is InChI=1S/C16H15FO3/c1-2-11-3-5-12(6-4-11)10-20-15-8-7-13(17)9-14(15)16(18)19/h3-9H,2,10H2,1H3,(H,18,19). The molecular formula is C16H15FO3. The van der Waals surface area contributed by atoms with Gasteiger partial charge in [-0.25, -0.2) is 9.18 Å². The van der Waals surface area contributed by atoms with Gasteiger partial charge in [0.05, 0.1) is 0 Å². The van der Waals surface area contributed by atoms with Crippen LogP contribution in [0.5, 0.6) is 5.75 Å². The van der Waals surface area contributed by atoms with Crippen LogP contribution in [0.4, 0.5) is 4.39 Å². The van der Waals surface area contributed by atoms with E-state index in [2.05, 4.69) is 6.92 Å². The maximum atomic E-state index is 13.0. The highest BCUT2D eigenvalue weighted by molar-refractivity contribution is 5.90. The summed E-state index contributed by atoms with van der Waals surface area (Å²) in [5.74, 6) is -1.64. The number of carboxylic acid groups (broad SMARTS) is 1. The molecule has 2 rings (SSSR count). The summed E-state index contributed by atoms with van der Waals surface area (Å²) in [6.07, 6.45) is 0.961.